The monoisotopic (exact) mass is 275 g/mol. The maximum Gasteiger partial charge on any atom is 0.279 e. The highest BCUT2D eigenvalue weighted by Gasteiger charge is 2.22. The van der Waals surface area contributed by atoms with E-state index in [9.17, 15) is 8.42 Å². The molecule has 0 bridgehead atoms. The third-order valence-corrected chi connectivity index (χ3v) is 5.20. The van der Waals surface area contributed by atoms with Crippen LogP contribution in [-0.4, -0.2) is 45.4 Å². The van der Waals surface area contributed by atoms with Gasteiger partial charge in [0.15, 0.2) is 0 Å². The Morgan fingerprint density at radius 2 is 2.18 bits per heavy atom. The first-order valence-electron chi connectivity index (χ1n) is 5.66. The van der Waals surface area contributed by atoms with Gasteiger partial charge in [-0.3, -0.25) is 0 Å². The lowest BCUT2D eigenvalue weighted by Gasteiger charge is -2.26. The first-order valence-corrected chi connectivity index (χ1v) is 7.98. The number of thiophene rings is 1. The maximum atomic E-state index is 11.9. The molecule has 7 heteroatoms. The molecular formula is C10H17N3O2S2. The lowest BCUT2D eigenvalue weighted by Crippen LogP contribution is -2.50. The summed E-state index contributed by atoms with van der Waals surface area (Å²) in [6.07, 6.45) is 0.753. The first kappa shape index (κ1) is 13.0. The second-order valence-corrected chi connectivity index (χ2v) is 6.67. The lowest BCUT2D eigenvalue weighted by atomic mass is 10.3. The van der Waals surface area contributed by atoms with Crippen LogP contribution >= 0.6 is 11.3 Å². The summed E-state index contributed by atoms with van der Waals surface area (Å²) < 4.78 is 28.0. The van der Waals surface area contributed by atoms with E-state index in [0.29, 0.717) is 19.6 Å². The highest BCUT2D eigenvalue weighted by molar-refractivity contribution is 7.87. The molecule has 17 heavy (non-hydrogen) atoms. The summed E-state index contributed by atoms with van der Waals surface area (Å²) in [5.41, 5.74) is 0. The molecule has 1 aromatic rings. The van der Waals surface area contributed by atoms with Crippen molar-refractivity contribution in [3.8, 4) is 0 Å². The molecule has 0 aromatic carbocycles. The highest BCUT2D eigenvalue weighted by atomic mass is 32.2. The summed E-state index contributed by atoms with van der Waals surface area (Å²) in [5, 5.41) is 5.13. The van der Waals surface area contributed by atoms with Gasteiger partial charge in [0.1, 0.15) is 0 Å². The van der Waals surface area contributed by atoms with Crippen LogP contribution in [0.5, 0.6) is 0 Å². The van der Waals surface area contributed by atoms with E-state index in [1.807, 2.05) is 17.5 Å². The molecule has 1 fully saturated rings. The largest absolute Gasteiger partial charge is 0.314 e. The summed E-state index contributed by atoms with van der Waals surface area (Å²) >= 11 is 1.65. The van der Waals surface area contributed by atoms with Crippen molar-refractivity contribution in [2.75, 3.05) is 32.7 Å². The number of nitrogens with one attached hydrogen (secondary N) is 2. The quantitative estimate of drug-likeness (QED) is 0.797. The van der Waals surface area contributed by atoms with E-state index in [1.165, 1.54) is 9.18 Å². The Hall–Kier alpha value is -0.470. The third-order valence-electron chi connectivity index (χ3n) is 2.65. The molecule has 1 saturated heterocycles. The second kappa shape index (κ2) is 5.92. The zero-order valence-corrected chi connectivity index (χ0v) is 11.2. The Balaban J connectivity index is 1.80. The van der Waals surface area contributed by atoms with Crippen molar-refractivity contribution in [2.24, 2.45) is 0 Å². The van der Waals surface area contributed by atoms with Gasteiger partial charge in [0.25, 0.3) is 10.2 Å². The van der Waals surface area contributed by atoms with E-state index in [-0.39, 0.29) is 0 Å². The summed E-state index contributed by atoms with van der Waals surface area (Å²) in [5.74, 6) is 0. The Kier molecular flexibility index (Phi) is 4.52. The fourth-order valence-corrected chi connectivity index (χ4v) is 3.65. The van der Waals surface area contributed by atoms with Gasteiger partial charge >= 0.3 is 0 Å². The van der Waals surface area contributed by atoms with Gasteiger partial charge in [-0.2, -0.15) is 12.7 Å². The molecule has 0 aliphatic carbocycles. The summed E-state index contributed by atoms with van der Waals surface area (Å²) in [4.78, 5) is 1.20. The Labute approximate surface area is 106 Å². The van der Waals surface area contributed by atoms with Gasteiger partial charge < -0.3 is 5.32 Å². The molecule has 0 amide bonds. The van der Waals surface area contributed by atoms with Crippen LogP contribution in [0.2, 0.25) is 0 Å². The summed E-state index contributed by atoms with van der Waals surface area (Å²) in [6.45, 7) is 3.02. The van der Waals surface area contributed by atoms with Crippen molar-refractivity contribution >= 4 is 21.5 Å². The molecule has 1 aliphatic rings. The minimum Gasteiger partial charge on any atom is -0.314 e. The Bertz CT molecular complexity index is 424. The van der Waals surface area contributed by atoms with Crippen molar-refractivity contribution in [1.29, 1.82) is 0 Å². The first-order chi connectivity index (χ1) is 8.18. The van der Waals surface area contributed by atoms with Gasteiger partial charge in [-0.15, -0.1) is 11.3 Å². The molecule has 2 N–H and O–H groups in total. The Morgan fingerprint density at radius 1 is 1.41 bits per heavy atom. The zero-order chi connectivity index (χ0) is 12.1. The molecule has 0 radical (unpaired) electrons. The van der Waals surface area contributed by atoms with Crippen LogP contribution < -0.4 is 10.0 Å². The predicted molar refractivity (Wildman–Crippen MR) is 69.4 cm³/mol. The number of nitrogens with zero attached hydrogens (tertiary/aromatic N) is 1. The van der Waals surface area contributed by atoms with Crippen molar-refractivity contribution < 1.29 is 8.42 Å². The molecular weight excluding hydrogens is 258 g/mol. The number of hydrogen-bond acceptors (Lipinski definition) is 4. The second-order valence-electron chi connectivity index (χ2n) is 3.88. The minimum absolute atomic E-state index is 0.465. The van der Waals surface area contributed by atoms with Crippen LogP contribution in [0.25, 0.3) is 0 Å². The van der Waals surface area contributed by atoms with Crippen molar-refractivity contribution in [2.45, 2.75) is 6.42 Å². The van der Waals surface area contributed by atoms with Crippen LogP contribution in [0.15, 0.2) is 17.5 Å². The van der Waals surface area contributed by atoms with Gasteiger partial charge in [0.05, 0.1) is 0 Å². The number of piperazine rings is 1. The molecule has 0 unspecified atom stereocenters. The lowest BCUT2D eigenvalue weighted by molar-refractivity contribution is 0.355. The van der Waals surface area contributed by atoms with Gasteiger partial charge in [-0.25, -0.2) is 4.72 Å². The summed E-state index contributed by atoms with van der Waals surface area (Å²) in [7, 11) is -3.29. The molecule has 1 aliphatic heterocycles. The van der Waals surface area contributed by atoms with E-state index < -0.39 is 10.2 Å². The van der Waals surface area contributed by atoms with Crippen LogP contribution in [0.3, 0.4) is 0 Å². The molecule has 0 spiro atoms. The van der Waals surface area contributed by atoms with E-state index in [2.05, 4.69) is 10.0 Å². The highest BCUT2D eigenvalue weighted by Crippen LogP contribution is 2.08. The fraction of sp³-hybridized carbons (Fsp3) is 0.600. The van der Waals surface area contributed by atoms with Gasteiger partial charge in [-0.05, 0) is 17.9 Å². The SMILES string of the molecule is O=S(=O)(NCCc1cccs1)N1CCNCC1. The van der Waals surface area contributed by atoms with E-state index >= 15 is 0 Å². The fourth-order valence-electron chi connectivity index (χ4n) is 1.73. The Morgan fingerprint density at radius 3 is 2.82 bits per heavy atom. The predicted octanol–water partition coefficient (Wildman–Crippen LogP) is 0.0302. The van der Waals surface area contributed by atoms with E-state index in [4.69, 9.17) is 0 Å². The normalized spacial score (nSPS) is 18.4. The van der Waals surface area contributed by atoms with E-state index in [1.54, 1.807) is 11.3 Å². The molecule has 1 aromatic heterocycles. The molecule has 0 saturated carbocycles. The van der Waals surface area contributed by atoms with Gasteiger partial charge in [0, 0.05) is 37.6 Å². The standard InChI is InChI=1S/C10H17N3O2S2/c14-17(15,13-7-5-11-6-8-13)12-4-3-10-2-1-9-16-10/h1-2,9,11-12H,3-8H2. The van der Waals surface area contributed by atoms with Gasteiger partial charge in [0.2, 0.25) is 0 Å². The van der Waals surface area contributed by atoms with Crippen LogP contribution in [-0.2, 0) is 16.6 Å². The number of hydrogen-bond donors (Lipinski definition) is 2. The smallest absolute Gasteiger partial charge is 0.279 e. The van der Waals surface area contributed by atoms with Gasteiger partial charge in [-0.1, -0.05) is 6.07 Å². The maximum absolute atomic E-state index is 11.9. The van der Waals surface area contributed by atoms with Crippen LogP contribution in [0.4, 0.5) is 0 Å². The molecule has 96 valence electrons. The minimum atomic E-state index is -3.29. The molecule has 2 rings (SSSR count). The van der Waals surface area contributed by atoms with Crippen molar-refractivity contribution in [3.05, 3.63) is 22.4 Å². The zero-order valence-electron chi connectivity index (χ0n) is 9.55. The molecule has 2 heterocycles. The summed E-state index contributed by atoms with van der Waals surface area (Å²) in [6, 6.07) is 3.99. The van der Waals surface area contributed by atoms with Crippen molar-refractivity contribution in [1.82, 2.24) is 14.3 Å². The third kappa shape index (κ3) is 3.75. The molecule has 5 nitrogen and oxygen atoms in total. The average molecular weight is 275 g/mol. The van der Waals surface area contributed by atoms with Crippen LogP contribution in [0.1, 0.15) is 4.88 Å². The van der Waals surface area contributed by atoms with Crippen molar-refractivity contribution in [3.63, 3.8) is 0 Å². The topological polar surface area (TPSA) is 61.4 Å². The average Bonchev–Trinajstić information content (AvgIpc) is 2.83. The van der Waals surface area contributed by atoms with Crippen LogP contribution in [0, 0.1) is 0 Å². The van der Waals surface area contributed by atoms with E-state index in [0.717, 1.165) is 19.5 Å². The molecule has 0 atom stereocenters. The number of rotatable bonds is 5.